The third-order valence-corrected chi connectivity index (χ3v) is 5.53. The van der Waals surface area contributed by atoms with Crippen molar-refractivity contribution in [2.45, 2.75) is 45.7 Å². The number of carbonyl (C=O) groups excluding carboxylic acids is 1. The van der Waals surface area contributed by atoms with Gasteiger partial charge in [0.15, 0.2) is 11.5 Å². The van der Waals surface area contributed by atoms with Crippen LogP contribution < -0.4 is 0 Å². The van der Waals surface area contributed by atoms with Gasteiger partial charge in [0.1, 0.15) is 12.3 Å². The summed E-state index contributed by atoms with van der Waals surface area (Å²) in [5, 5.41) is 3.91. The third-order valence-electron chi connectivity index (χ3n) is 5.53. The van der Waals surface area contributed by atoms with Crippen LogP contribution >= 0.6 is 0 Å². The lowest BCUT2D eigenvalue weighted by Crippen LogP contribution is -2.05. The molecule has 2 heterocycles. The molecule has 1 aliphatic heterocycles. The van der Waals surface area contributed by atoms with Crippen LogP contribution in [0.15, 0.2) is 65.2 Å². The molecule has 0 N–H and O–H groups in total. The van der Waals surface area contributed by atoms with E-state index < -0.39 is 0 Å². The van der Waals surface area contributed by atoms with Gasteiger partial charge in [0.05, 0.1) is 19.8 Å². The lowest BCUT2D eigenvalue weighted by molar-refractivity contribution is 0.0872. The maximum absolute atomic E-state index is 12.3. The molecule has 0 saturated carbocycles. The molecule has 1 atom stereocenters. The molecule has 4 rings (SSSR count). The second-order valence-corrected chi connectivity index (χ2v) is 8.16. The van der Waals surface area contributed by atoms with Crippen LogP contribution in [-0.4, -0.2) is 24.2 Å². The van der Waals surface area contributed by atoms with Crippen LogP contribution in [0, 0.1) is 5.92 Å². The van der Waals surface area contributed by atoms with Crippen LogP contribution in [0.3, 0.4) is 0 Å². The lowest BCUT2D eigenvalue weighted by Gasteiger charge is -2.07. The Hall–Kier alpha value is -2.80. The van der Waals surface area contributed by atoms with Crippen LogP contribution in [0.25, 0.3) is 0 Å². The van der Waals surface area contributed by atoms with Crippen molar-refractivity contribution in [3.8, 4) is 0 Å². The summed E-state index contributed by atoms with van der Waals surface area (Å²) in [4.78, 5) is 12.3. The number of Topliss-reactive ketones (excluding diaryl/α,β-unsaturated/α-hetero) is 1. The predicted molar refractivity (Wildman–Crippen MR) is 119 cm³/mol. The molecule has 6 heteroatoms. The summed E-state index contributed by atoms with van der Waals surface area (Å²) >= 11 is 0. The number of benzene rings is 2. The van der Waals surface area contributed by atoms with Gasteiger partial charge in [0, 0.05) is 25.7 Å². The van der Waals surface area contributed by atoms with E-state index in [2.05, 4.69) is 23.4 Å². The molecular weight excluding hydrogens is 406 g/mol. The summed E-state index contributed by atoms with van der Waals surface area (Å²) in [7, 11) is 0. The first kappa shape index (κ1) is 22.4. The van der Waals surface area contributed by atoms with E-state index in [0.717, 1.165) is 42.7 Å². The average molecular weight is 436 g/mol. The monoisotopic (exact) mass is 435 g/mol. The van der Waals surface area contributed by atoms with Gasteiger partial charge in [-0.15, -0.1) is 0 Å². The Labute approximate surface area is 188 Å². The zero-order chi connectivity index (χ0) is 22.0. The Kier molecular flexibility index (Phi) is 8.20. The van der Waals surface area contributed by atoms with Crippen LogP contribution in [0.1, 0.15) is 52.2 Å². The minimum atomic E-state index is 0.00936. The fraction of sp³-hybridized carbons (Fsp3) is 0.385. The minimum absolute atomic E-state index is 0.00936. The first-order valence-corrected chi connectivity index (χ1v) is 11.1. The second-order valence-electron chi connectivity index (χ2n) is 8.16. The van der Waals surface area contributed by atoms with Crippen LogP contribution in [0.4, 0.5) is 0 Å². The van der Waals surface area contributed by atoms with Crippen LogP contribution in [-0.2, 0) is 40.6 Å². The number of nitrogens with zero attached hydrogens (tertiary/aromatic N) is 1. The van der Waals surface area contributed by atoms with Crippen molar-refractivity contribution < 1.29 is 23.5 Å². The molecule has 0 aliphatic carbocycles. The van der Waals surface area contributed by atoms with Gasteiger partial charge in [0.25, 0.3) is 0 Å². The Morgan fingerprint density at radius 3 is 2.38 bits per heavy atom. The van der Waals surface area contributed by atoms with Gasteiger partial charge < -0.3 is 18.7 Å². The van der Waals surface area contributed by atoms with Gasteiger partial charge in [0.2, 0.25) is 0 Å². The molecule has 1 aliphatic rings. The maximum atomic E-state index is 12.3. The van der Waals surface area contributed by atoms with Gasteiger partial charge >= 0.3 is 0 Å². The lowest BCUT2D eigenvalue weighted by atomic mass is 10.00. The highest BCUT2D eigenvalue weighted by Gasteiger charge is 2.19. The van der Waals surface area contributed by atoms with Gasteiger partial charge in [-0.25, -0.2) is 0 Å². The molecular formula is C26H29NO5. The fourth-order valence-electron chi connectivity index (χ4n) is 3.73. The first-order valence-electron chi connectivity index (χ1n) is 11.1. The summed E-state index contributed by atoms with van der Waals surface area (Å²) in [5.41, 5.74) is 3.69. The molecule has 0 radical (unpaired) electrons. The van der Waals surface area contributed by atoms with Crippen LogP contribution in [0.5, 0.6) is 0 Å². The largest absolute Gasteiger partial charge is 0.381 e. The van der Waals surface area contributed by atoms with Crippen molar-refractivity contribution in [3.05, 3.63) is 88.8 Å². The van der Waals surface area contributed by atoms with E-state index >= 15 is 0 Å². The van der Waals surface area contributed by atoms with Crippen molar-refractivity contribution in [1.82, 2.24) is 5.16 Å². The van der Waals surface area contributed by atoms with Gasteiger partial charge in [-0.2, -0.15) is 0 Å². The Morgan fingerprint density at radius 2 is 1.62 bits per heavy atom. The number of ketones is 1. The molecule has 0 amide bonds. The minimum Gasteiger partial charge on any atom is -0.381 e. The number of carbonyl (C=O) groups is 1. The topological polar surface area (TPSA) is 70.8 Å². The molecule has 0 spiro atoms. The quantitative estimate of drug-likeness (QED) is 0.368. The average Bonchev–Trinajstić information content (AvgIpc) is 3.51. The molecule has 32 heavy (non-hydrogen) atoms. The summed E-state index contributed by atoms with van der Waals surface area (Å²) in [6, 6.07) is 19.9. The van der Waals surface area contributed by atoms with Crippen molar-refractivity contribution >= 4 is 5.78 Å². The molecule has 1 unspecified atom stereocenters. The SMILES string of the molecule is O=C(CCC1CCOC1)c1cc(COCc2cccc(COCc3ccccc3)c2)on1. The molecule has 6 nitrogen and oxygen atoms in total. The number of hydrogen-bond donors (Lipinski definition) is 0. The first-order chi connectivity index (χ1) is 15.8. The Balaban J connectivity index is 1.18. The van der Waals surface area contributed by atoms with Crippen LogP contribution in [0.2, 0.25) is 0 Å². The zero-order valence-corrected chi connectivity index (χ0v) is 18.2. The number of rotatable bonds is 12. The van der Waals surface area contributed by atoms with Gasteiger partial charge in [-0.1, -0.05) is 59.8 Å². The summed E-state index contributed by atoms with van der Waals surface area (Å²) in [6.07, 6.45) is 2.34. The summed E-state index contributed by atoms with van der Waals surface area (Å²) < 4.78 is 22.2. The van der Waals surface area contributed by atoms with Crippen molar-refractivity contribution in [2.24, 2.45) is 5.92 Å². The van der Waals surface area contributed by atoms with Gasteiger partial charge in [-0.3, -0.25) is 4.79 Å². The Morgan fingerprint density at radius 1 is 0.906 bits per heavy atom. The zero-order valence-electron chi connectivity index (χ0n) is 18.2. The fourth-order valence-corrected chi connectivity index (χ4v) is 3.73. The number of aromatic nitrogens is 1. The van der Waals surface area contributed by atoms with E-state index in [0.29, 0.717) is 43.6 Å². The number of hydrogen-bond acceptors (Lipinski definition) is 6. The molecule has 168 valence electrons. The van der Waals surface area contributed by atoms with E-state index in [9.17, 15) is 4.79 Å². The predicted octanol–water partition coefficient (Wildman–Crippen LogP) is 5.11. The van der Waals surface area contributed by atoms with E-state index in [-0.39, 0.29) is 12.4 Å². The highest BCUT2D eigenvalue weighted by Crippen LogP contribution is 2.20. The highest BCUT2D eigenvalue weighted by molar-refractivity contribution is 5.94. The highest BCUT2D eigenvalue weighted by atomic mass is 16.5. The van der Waals surface area contributed by atoms with Crippen molar-refractivity contribution in [1.29, 1.82) is 0 Å². The standard InChI is InChI=1S/C26H29NO5/c28-26(10-9-21-11-12-29-15-21)25-14-24(32-27-25)19-31-18-23-8-4-7-22(13-23)17-30-16-20-5-2-1-3-6-20/h1-8,13-14,21H,9-12,15-19H2. The summed E-state index contributed by atoms with van der Waals surface area (Å²) in [6.45, 7) is 3.40. The normalized spacial score (nSPS) is 15.8. The third kappa shape index (κ3) is 6.85. The molecule has 0 bridgehead atoms. The molecule has 2 aromatic carbocycles. The van der Waals surface area contributed by atoms with E-state index in [1.54, 1.807) is 6.07 Å². The Bertz CT molecular complexity index is 979. The van der Waals surface area contributed by atoms with E-state index in [1.165, 1.54) is 0 Å². The smallest absolute Gasteiger partial charge is 0.184 e. The second kappa shape index (κ2) is 11.7. The van der Waals surface area contributed by atoms with Crippen molar-refractivity contribution in [3.63, 3.8) is 0 Å². The molecule has 1 saturated heterocycles. The molecule has 1 fully saturated rings. The number of ether oxygens (including phenoxy) is 3. The van der Waals surface area contributed by atoms with Crippen molar-refractivity contribution in [2.75, 3.05) is 13.2 Å². The molecule has 3 aromatic rings. The van der Waals surface area contributed by atoms with E-state index in [1.807, 2.05) is 36.4 Å². The summed E-state index contributed by atoms with van der Waals surface area (Å²) in [5.74, 6) is 1.04. The maximum Gasteiger partial charge on any atom is 0.184 e. The molecule has 1 aromatic heterocycles. The van der Waals surface area contributed by atoms with E-state index in [4.69, 9.17) is 18.7 Å². The van der Waals surface area contributed by atoms with Gasteiger partial charge in [-0.05, 0) is 35.4 Å².